The molecule has 0 spiro atoms. The van der Waals surface area contributed by atoms with E-state index in [4.69, 9.17) is 18.1 Å². The van der Waals surface area contributed by atoms with Crippen molar-refractivity contribution in [3.05, 3.63) is 0 Å². The number of halogens is 6. The van der Waals surface area contributed by atoms with Crippen LogP contribution in [0.1, 0.15) is 41.5 Å². The van der Waals surface area contributed by atoms with Gasteiger partial charge in [0.1, 0.15) is 0 Å². The Morgan fingerprint density at radius 2 is 1.19 bits per heavy atom. The molecule has 156 valence electrons. The molecule has 0 saturated heterocycles. The number of rotatable bonds is 6. The van der Waals surface area contributed by atoms with Gasteiger partial charge < -0.3 is 0 Å². The molecule has 0 radical (unpaired) electrons. The molecule has 1 rings (SSSR count). The van der Waals surface area contributed by atoms with Crippen LogP contribution in [0.5, 0.6) is 0 Å². The van der Waals surface area contributed by atoms with Crippen LogP contribution in [0, 0.1) is 5.41 Å². The van der Waals surface area contributed by atoms with Crippen LogP contribution in [-0.4, -0.2) is 43.4 Å². The van der Waals surface area contributed by atoms with Crippen LogP contribution in [0.2, 0.25) is 0 Å². The van der Waals surface area contributed by atoms with Crippen molar-refractivity contribution in [3.8, 4) is 0 Å². The normalized spacial score (nSPS) is 23.7. The molecule has 0 aromatic heterocycles. The van der Waals surface area contributed by atoms with Crippen LogP contribution in [0.3, 0.4) is 0 Å². The Morgan fingerprint density at radius 1 is 0.846 bits per heavy atom. The minimum atomic E-state index is -6.37. The first-order chi connectivity index (χ1) is 11.6. The molecule has 0 amide bonds. The van der Waals surface area contributed by atoms with Gasteiger partial charge in [0.25, 0.3) is 0 Å². The van der Waals surface area contributed by atoms with Crippen molar-refractivity contribution >= 4 is 13.4 Å². The van der Waals surface area contributed by atoms with Crippen LogP contribution in [0.4, 0.5) is 26.3 Å². The Bertz CT molecular complexity index is 521. The van der Waals surface area contributed by atoms with Gasteiger partial charge in [-0.25, -0.2) is 0 Å². The molecule has 26 heavy (non-hydrogen) atoms. The molecular formula is C14H24F6NO4P. The molecule has 0 aliphatic carbocycles. The van der Waals surface area contributed by atoms with E-state index in [0.717, 1.165) is 0 Å². The first-order valence-electron chi connectivity index (χ1n) is 7.98. The van der Waals surface area contributed by atoms with E-state index in [1.165, 1.54) is 41.5 Å². The molecule has 5 nitrogen and oxygen atoms in total. The SMILES string of the molecule is CCOP1(OCC)(OCC)OC(C(C)(C)C)=NC1(C(F)(F)F)C(F)(F)F. The zero-order valence-corrected chi connectivity index (χ0v) is 16.3. The van der Waals surface area contributed by atoms with Gasteiger partial charge in [-0.2, -0.15) is 0 Å². The predicted octanol–water partition coefficient (Wildman–Crippen LogP) is 5.60. The van der Waals surface area contributed by atoms with E-state index in [0.29, 0.717) is 0 Å². The summed E-state index contributed by atoms with van der Waals surface area (Å²) in [7, 11) is -6.37. The molecule has 1 aliphatic rings. The molecule has 0 bridgehead atoms. The summed E-state index contributed by atoms with van der Waals surface area (Å²) in [6, 6.07) is 0. The number of alkyl halides is 6. The van der Waals surface area contributed by atoms with Crippen molar-refractivity contribution < 1.29 is 44.4 Å². The average molecular weight is 415 g/mol. The van der Waals surface area contributed by atoms with E-state index in [1.807, 2.05) is 0 Å². The van der Waals surface area contributed by atoms with Gasteiger partial charge in [-0.05, 0) is 0 Å². The van der Waals surface area contributed by atoms with Crippen molar-refractivity contribution in [2.75, 3.05) is 19.8 Å². The fourth-order valence-corrected chi connectivity index (χ4v) is 6.71. The molecule has 0 N–H and O–H groups in total. The van der Waals surface area contributed by atoms with Crippen molar-refractivity contribution in [2.24, 2.45) is 10.4 Å². The Hall–Kier alpha value is -0.640. The van der Waals surface area contributed by atoms with Gasteiger partial charge in [0.2, 0.25) is 0 Å². The number of aliphatic imine (C=N–C) groups is 1. The molecule has 0 saturated carbocycles. The van der Waals surface area contributed by atoms with Gasteiger partial charge in [-0.3, -0.25) is 0 Å². The molecule has 1 heterocycles. The maximum atomic E-state index is 14.1. The molecule has 0 atom stereocenters. The van der Waals surface area contributed by atoms with E-state index in [9.17, 15) is 26.3 Å². The first-order valence-corrected chi connectivity index (χ1v) is 9.88. The van der Waals surface area contributed by atoms with Crippen LogP contribution in [-0.2, 0) is 18.1 Å². The van der Waals surface area contributed by atoms with Gasteiger partial charge in [0.15, 0.2) is 0 Å². The topological polar surface area (TPSA) is 49.3 Å². The van der Waals surface area contributed by atoms with E-state index in [-0.39, 0.29) is 0 Å². The summed E-state index contributed by atoms with van der Waals surface area (Å²) in [6.07, 6.45) is -11.9. The van der Waals surface area contributed by atoms with E-state index < -0.39 is 56.3 Å². The number of hydrogen-bond donors (Lipinski definition) is 0. The van der Waals surface area contributed by atoms with Crippen molar-refractivity contribution in [2.45, 2.75) is 59.2 Å². The van der Waals surface area contributed by atoms with Crippen LogP contribution >= 0.6 is 7.51 Å². The van der Waals surface area contributed by atoms with Gasteiger partial charge >= 0.3 is 147 Å². The van der Waals surface area contributed by atoms with Crippen molar-refractivity contribution in [1.82, 2.24) is 0 Å². The molecule has 1 aliphatic heterocycles. The second kappa shape index (κ2) is 6.76. The van der Waals surface area contributed by atoms with Gasteiger partial charge in [-0.1, -0.05) is 0 Å². The minimum absolute atomic E-state index is 0.571. The first kappa shape index (κ1) is 23.4. The second-order valence-electron chi connectivity index (χ2n) is 6.49. The Labute approximate surface area is 148 Å². The molecule has 0 aromatic rings. The third-order valence-electron chi connectivity index (χ3n) is 3.52. The van der Waals surface area contributed by atoms with Gasteiger partial charge in [-0.15, -0.1) is 0 Å². The Morgan fingerprint density at radius 3 is 1.42 bits per heavy atom. The summed E-state index contributed by atoms with van der Waals surface area (Å²) in [4.78, 5) is 3.04. The summed E-state index contributed by atoms with van der Waals surface area (Å²) in [5.41, 5.74) is -1.29. The standard InChI is InChI=1S/C14H24F6NO4P/c1-7-22-26(23-8-2,24-9-3)12(13(15,16)17,14(18,19)20)21-10(25-26)11(4,5)6/h7-9H2,1-6H3. The maximum absolute atomic E-state index is 14.1. The summed E-state index contributed by atoms with van der Waals surface area (Å²) in [5.74, 6) is -0.792. The summed E-state index contributed by atoms with van der Waals surface area (Å²) >= 11 is 0. The summed E-state index contributed by atoms with van der Waals surface area (Å²) in [6.45, 7) is 6.06. The van der Waals surface area contributed by atoms with Gasteiger partial charge in [0, 0.05) is 0 Å². The average Bonchev–Trinajstić information content (AvgIpc) is 2.72. The Balaban J connectivity index is 4.08. The second-order valence-corrected chi connectivity index (χ2v) is 9.72. The quantitative estimate of drug-likeness (QED) is 0.418. The Kier molecular flexibility index (Phi) is 6.08. The van der Waals surface area contributed by atoms with Crippen molar-refractivity contribution in [3.63, 3.8) is 0 Å². The van der Waals surface area contributed by atoms with Crippen LogP contribution in [0.15, 0.2) is 4.99 Å². The van der Waals surface area contributed by atoms with E-state index in [2.05, 4.69) is 4.99 Å². The molecule has 0 aromatic carbocycles. The zero-order chi connectivity index (χ0) is 20.7. The fourth-order valence-electron chi connectivity index (χ4n) is 2.61. The van der Waals surface area contributed by atoms with Crippen molar-refractivity contribution in [1.29, 1.82) is 0 Å². The molecule has 12 heteroatoms. The van der Waals surface area contributed by atoms with Crippen LogP contribution < -0.4 is 0 Å². The summed E-state index contributed by atoms with van der Waals surface area (Å²) in [5, 5.41) is -4.81. The fraction of sp³-hybridized carbons (Fsp3) is 0.929. The predicted molar refractivity (Wildman–Crippen MR) is 84.6 cm³/mol. The number of hydrogen-bond acceptors (Lipinski definition) is 5. The molecule has 0 unspecified atom stereocenters. The van der Waals surface area contributed by atoms with Gasteiger partial charge in [0.05, 0.1) is 0 Å². The molecular weight excluding hydrogens is 391 g/mol. The number of nitrogens with zero attached hydrogens (tertiary/aromatic N) is 1. The van der Waals surface area contributed by atoms with E-state index in [1.54, 1.807) is 0 Å². The van der Waals surface area contributed by atoms with Crippen LogP contribution in [0.25, 0.3) is 0 Å². The zero-order valence-electron chi connectivity index (χ0n) is 15.4. The third kappa shape index (κ3) is 3.10. The third-order valence-corrected chi connectivity index (χ3v) is 7.79. The monoisotopic (exact) mass is 415 g/mol. The van der Waals surface area contributed by atoms with E-state index >= 15 is 0 Å². The molecule has 0 fully saturated rings. The summed E-state index contributed by atoms with van der Waals surface area (Å²) < 4.78 is 105.